The van der Waals surface area contributed by atoms with Crippen LogP contribution in [0.2, 0.25) is 0 Å². The average Bonchev–Trinajstić information content (AvgIpc) is 2.95. The first-order valence-corrected chi connectivity index (χ1v) is 10.4. The van der Waals surface area contributed by atoms with Crippen LogP contribution >= 0.6 is 0 Å². The number of hydrogen-bond donors (Lipinski definition) is 1. The van der Waals surface area contributed by atoms with Gasteiger partial charge in [0, 0.05) is 25.3 Å². The topological polar surface area (TPSA) is 75.2 Å². The van der Waals surface area contributed by atoms with Gasteiger partial charge in [0.1, 0.15) is 5.82 Å². The van der Waals surface area contributed by atoms with Crippen LogP contribution in [-0.2, 0) is 16.4 Å². The van der Waals surface area contributed by atoms with Crippen molar-refractivity contribution in [2.24, 2.45) is 0 Å². The number of nitrogens with one attached hydrogen (secondary N) is 1. The highest BCUT2D eigenvalue weighted by Gasteiger charge is 2.32. The normalized spacial score (nSPS) is 18.9. The van der Waals surface area contributed by atoms with Gasteiger partial charge in [-0.05, 0) is 37.5 Å². The Morgan fingerprint density at radius 3 is 2.76 bits per heavy atom. The number of rotatable bonds is 6. The second kappa shape index (κ2) is 7.39. The summed E-state index contributed by atoms with van der Waals surface area (Å²) in [6.45, 7) is 5.46. The van der Waals surface area contributed by atoms with Crippen LogP contribution in [0.4, 0.5) is 11.8 Å². The van der Waals surface area contributed by atoms with E-state index in [2.05, 4.69) is 34.3 Å². The summed E-state index contributed by atoms with van der Waals surface area (Å²) in [4.78, 5) is 10.9. The molecule has 3 rings (SSSR count). The summed E-state index contributed by atoms with van der Waals surface area (Å²) in [6.07, 6.45) is 2.36. The number of hydrogen-bond acceptors (Lipinski definition) is 6. The van der Waals surface area contributed by atoms with Gasteiger partial charge in [-0.25, -0.2) is 13.4 Å². The van der Waals surface area contributed by atoms with Crippen molar-refractivity contribution >= 4 is 21.6 Å². The van der Waals surface area contributed by atoms with Crippen LogP contribution < -0.4 is 10.2 Å². The Labute approximate surface area is 149 Å². The minimum Gasteiger partial charge on any atom is -0.366 e. The summed E-state index contributed by atoms with van der Waals surface area (Å²) in [6, 6.07) is 10.0. The maximum absolute atomic E-state index is 11.8. The molecular formula is C18H24N4O2S. The lowest BCUT2D eigenvalue weighted by atomic mass is 10.1. The molecule has 2 heterocycles. The molecule has 25 heavy (non-hydrogen) atoms. The third kappa shape index (κ3) is 4.28. The van der Waals surface area contributed by atoms with Crippen molar-refractivity contribution < 1.29 is 8.42 Å². The minimum absolute atomic E-state index is 0.0402. The fourth-order valence-electron chi connectivity index (χ4n) is 3.16. The van der Waals surface area contributed by atoms with E-state index in [0.717, 1.165) is 5.82 Å². The van der Waals surface area contributed by atoms with Crippen molar-refractivity contribution in [3.63, 3.8) is 0 Å². The standard InChI is InChI=1S/C18H24N4O2S/c1-3-22(16-9-11-25(23,24)13-16)18-19-10-8-17(21-18)20-12-15-7-5-4-6-14(15)2/h4-8,10,16H,3,9,11-13H2,1-2H3,(H,19,20,21). The molecule has 0 aliphatic carbocycles. The van der Waals surface area contributed by atoms with Crippen molar-refractivity contribution in [1.29, 1.82) is 0 Å². The molecule has 1 aliphatic rings. The zero-order chi connectivity index (χ0) is 17.9. The van der Waals surface area contributed by atoms with Gasteiger partial charge < -0.3 is 10.2 Å². The van der Waals surface area contributed by atoms with E-state index in [1.807, 2.05) is 30.0 Å². The zero-order valence-corrected chi connectivity index (χ0v) is 15.5. The van der Waals surface area contributed by atoms with Crippen LogP contribution in [0, 0.1) is 6.92 Å². The first-order chi connectivity index (χ1) is 12.0. The molecule has 134 valence electrons. The van der Waals surface area contributed by atoms with E-state index < -0.39 is 9.84 Å². The first kappa shape index (κ1) is 17.7. The molecule has 0 bridgehead atoms. The van der Waals surface area contributed by atoms with Crippen molar-refractivity contribution in [3.05, 3.63) is 47.7 Å². The van der Waals surface area contributed by atoms with E-state index in [0.29, 0.717) is 25.5 Å². The van der Waals surface area contributed by atoms with Gasteiger partial charge in [0.05, 0.1) is 11.5 Å². The van der Waals surface area contributed by atoms with E-state index in [1.54, 1.807) is 6.20 Å². The van der Waals surface area contributed by atoms with Gasteiger partial charge in [-0.1, -0.05) is 24.3 Å². The maximum Gasteiger partial charge on any atom is 0.227 e. The Morgan fingerprint density at radius 2 is 2.08 bits per heavy atom. The molecule has 0 amide bonds. The predicted molar refractivity (Wildman–Crippen MR) is 101 cm³/mol. The van der Waals surface area contributed by atoms with Gasteiger partial charge >= 0.3 is 0 Å². The first-order valence-electron chi connectivity index (χ1n) is 8.57. The number of anilines is 2. The summed E-state index contributed by atoms with van der Waals surface area (Å²) in [7, 11) is -2.93. The highest BCUT2D eigenvalue weighted by molar-refractivity contribution is 7.91. The van der Waals surface area contributed by atoms with E-state index >= 15 is 0 Å². The number of benzene rings is 1. The lowest BCUT2D eigenvalue weighted by Gasteiger charge is -2.27. The number of nitrogens with zero attached hydrogens (tertiary/aromatic N) is 3. The minimum atomic E-state index is -2.93. The lowest BCUT2D eigenvalue weighted by Crippen LogP contribution is -2.37. The van der Waals surface area contributed by atoms with Crippen LogP contribution in [0.15, 0.2) is 36.5 Å². The fraction of sp³-hybridized carbons (Fsp3) is 0.444. The van der Waals surface area contributed by atoms with Crippen molar-refractivity contribution in [1.82, 2.24) is 9.97 Å². The second-order valence-electron chi connectivity index (χ2n) is 6.36. The Kier molecular flexibility index (Phi) is 5.22. The van der Waals surface area contributed by atoms with Gasteiger partial charge in [-0.3, -0.25) is 0 Å². The summed E-state index contributed by atoms with van der Waals surface area (Å²) < 4.78 is 23.5. The van der Waals surface area contributed by atoms with Gasteiger partial charge in [-0.2, -0.15) is 4.98 Å². The molecule has 1 saturated heterocycles. The average molecular weight is 360 g/mol. The second-order valence-corrected chi connectivity index (χ2v) is 8.59. The molecule has 1 unspecified atom stereocenters. The monoisotopic (exact) mass is 360 g/mol. The van der Waals surface area contributed by atoms with E-state index in [4.69, 9.17) is 0 Å². The lowest BCUT2D eigenvalue weighted by molar-refractivity contribution is 0.599. The Bertz CT molecular complexity index is 838. The quantitative estimate of drug-likeness (QED) is 0.853. The summed E-state index contributed by atoms with van der Waals surface area (Å²) in [5, 5.41) is 3.33. The Morgan fingerprint density at radius 1 is 1.28 bits per heavy atom. The molecular weight excluding hydrogens is 336 g/mol. The number of sulfone groups is 1. The van der Waals surface area contributed by atoms with Crippen molar-refractivity contribution in [3.8, 4) is 0 Å². The van der Waals surface area contributed by atoms with Crippen LogP contribution in [0.3, 0.4) is 0 Å². The molecule has 7 heteroatoms. The molecule has 1 aliphatic heterocycles. The molecule has 1 aromatic heterocycles. The SMILES string of the molecule is CCN(c1nccc(NCc2ccccc2C)n1)C1CCS(=O)(=O)C1. The van der Waals surface area contributed by atoms with Gasteiger partial charge in [0.15, 0.2) is 9.84 Å². The predicted octanol–water partition coefficient (Wildman–Crippen LogP) is 2.41. The maximum atomic E-state index is 11.8. The van der Waals surface area contributed by atoms with Crippen LogP contribution in [0.25, 0.3) is 0 Å². The number of aromatic nitrogens is 2. The van der Waals surface area contributed by atoms with Gasteiger partial charge in [-0.15, -0.1) is 0 Å². The highest BCUT2D eigenvalue weighted by Crippen LogP contribution is 2.22. The molecule has 1 fully saturated rings. The van der Waals surface area contributed by atoms with Gasteiger partial charge in [0.2, 0.25) is 5.95 Å². The van der Waals surface area contributed by atoms with Crippen molar-refractivity contribution in [2.45, 2.75) is 32.9 Å². The fourth-order valence-corrected chi connectivity index (χ4v) is 4.89. The molecule has 2 aromatic rings. The molecule has 0 radical (unpaired) electrons. The van der Waals surface area contributed by atoms with E-state index in [1.165, 1.54) is 11.1 Å². The summed E-state index contributed by atoms with van der Waals surface area (Å²) in [5.74, 6) is 1.76. The largest absolute Gasteiger partial charge is 0.366 e. The summed E-state index contributed by atoms with van der Waals surface area (Å²) in [5.41, 5.74) is 2.45. The van der Waals surface area contributed by atoms with Gasteiger partial charge in [0.25, 0.3) is 0 Å². The molecule has 0 spiro atoms. The van der Waals surface area contributed by atoms with E-state index in [9.17, 15) is 8.42 Å². The van der Waals surface area contributed by atoms with E-state index in [-0.39, 0.29) is 17.5 Å². The van der Waals surface area contributed by atoms with Crippen LogP contribution in [-0.4, -0.2) is 42.5 Å². The molecule has 6 nitrogen and oxygen atoms in total. The third-order valence-corrected chi connectivity index (χ3v) is 6.36. The van der Waals surface area contributed by atoms with Crippen LogP contribution in [0.5, 0.6) is 0 Å². The number of aryl methyl sites for hydroxylation is 1. The third-order valence-electron chi connectivity index (χ3n) is 4.61. The van der Waals surface area contributed by atoms with Crippen molar-refractivity contribution in [2.75, 3.05) is 28.3 Å². The summed E-state index contributed by atoms with van der Waals surface area (Å²) >= 11 is 0. The molecule has 1 aromatic carbocycles. The molecule has 1 N–H and O–H groups in total. The zero-order valence-electron chi connectivity index (χ0n) is 14.6. The Balaban J connectivity index is 1.73. The highest BCUT2D eigenvalue weighted by atomic mass is 32.2. The smallest absolute Gasteiger partial charge is 0.227 e. The Hall–Kier alpha value is -2.15. The molecule has 0 saturated carbocycles. The molecule has 1 atom stereocenters. The van der Waals surface area contributed by atoms with Crippen LogP contribution in [0.1, 0.15) is 24.5 Å².